The molecule has 0 unspecified atom stereocenters. The summed E-state index contributed by atoms with van der Waals surface area (Å²) < 4.78 is 0. The van der Waals surface area contributed by atoms with Crippen LogP contribution in [0.15, 0.2) is 0 Å². The van der Waals surface area contributed by atoms with Crippen molar-refractivity contribution in [1.82, 2.24) is 10.2 Å². The van der Waals surface area contributed by atoms with E-state index >= 15 is 0 Å². The first-order chi connectivity index (χ1) is 7.84. The second kappa shape index (κ2) is 6.61. The molecule has 94 valence electrons. The fourth-order valence-corrected chi connectivity index (χ4v) is 3.08. The molecule has 2 aliphatic rings. The van der Waals surface area contributed by atoms with Crippen molar-refractivity contribution in [3.63, 3.8) is 0 Å². The van der Waals surface area contributed by atoms with E-state index in [0.717, 1.165) is 12.0 Å². The lowest BCUT2D eigenvalue weighted by Gasteiger charge is -2.30. The summed E-state index contributed by atoms with van der Waals surface area (Å²) in [6.07, 6.45) is 11.5. The molecule has 0 amide bonds. The van der Waals surface area contributed by atoms with Gasteiger partial charge in [0.1, 0.15) is 0 Å². The maximum Gasteiger partial charge on any atom is 0.00671 e. The normalized spacial score (nSPS) is 26.8. The zero-order valence-electron chi connectivity index (χ0n) is 10.9. The van der Waals surface area contributed by atoms with Crippen molar-refractivity contribution < 1.29 is 0 Å². The molecular formula is C14H28N2. The molecule has 0 aromatic heterocycles. The Morgan fingerprint density at radius 1 is 0.938 bits per heavy atom. The highest BCUT2D eigenvalue weighted by Gasteiger charge is 2.18. The Hall–Kier alpha value is -0.0800. The molecule has 1 aliphatic heterocycles. The van der Waals surface area contributed by atoms with Crippen LogP contribution in [0.1, 0.15) is 51.4 Å². The summed E-state index contributed by atoms with van der Waals surface area (Å²) >= 11 is 0. The van der Waals surface area contributed by atoms with Crippen LogP contribution in [0.25, 0.3) is 0 Å². The average Bonchev–Trinajstić information content (AvgIpc) is 2.57. The summed E-state index contributed by atoms with van der Waals surface area (Å²) in [5.41, 5.74) is 0. The van der Waals surface area contributed by atoms with Crippen LogP contribution in [-0.2, 0) is 0 Å². The van der Waals surface area contributed by atoms with Gasteiger partial charge < -0.3 is 10.2 Å². The van der Waals surface area contributed by atoms with Gasteiger partial charge in [0, 0.05) is 6.04 Å². The van der Waals surface area contributed by atoms with Crippen LogP contribution in [0.4, 0.5) is 0 Å². The monoisotopic (exact) mass is 224 g/mol. The summed E-state index contributed by atoms with van der Waals surface area (Å²) in [4.78, 5) is 2.46. The van der Waals surface area contributed by atoms with Crippen molar-refractivity contribution in [1.29, 1.82) is 0 Å². The van der Waals surface area contributed by atoms with E-state index in [9.17, 15) is 0 Å². The minimum absolute atomic E-state index is 0.835. The van der Waals surface area contributed by atoms with Crippen LogP contribution < -0.4 is 5.32 Å². The summed E-state index contributed by atoms with van der Waals surface area (Å²) in [6, 6.07) is 0.835. The molecule has 0 aromatic carbocycles. The first-order valence-corrected chi connectivity index (χ1v) is 7.26. The van der Waals surface area contributed by atoms with E-state index in [1.807, 2.05) is 0 Å². The standard InChI is InChI=1S/C14H28N2/c1-16-10-8-13(9-11-16)12-15-14-6-4-2-3-5-7-14/h13-15H,2-12H2,1H3. The highest BCUT2D eigenvalue weighted by atomic mass is 15.1. The number of piperidine rings is 1. The molecule has 16 heavy (non-hydrogen) atoms. The molecule has 0 atom stereocenters. The third-order valence-electron chi connectivity index (χ3n) is 4.39. The number of nitrogens with zero attached hydrogens (tertiary/aromatic N) is 1. The highest BCUT2D eigenvalue weighted by molar-refractivity contribution is 4.76. The van der Waals surface area contributed by atoms with Gasteiger partial charge in [-0.15, -0.1) is 0 Å². The fourth-order valence-electron chi connectivity index (χ4n) is 3.08. The average molecular weight is 224 g/mol. The third-order valence-corrected chi connectivity index (χ3v) is 4.39. The molecule has 2 fully saturated rings. The van der Waals surface area contributed by atoms with Gasteiger partial charge in [-0.1, -0.05) is 25.7 Å². The Balaban J connectivity index is 1.62. The smallest absolute Gasteiger partial charge is 0.00671 e. The van der Waals surface area contributed by atoms with Gasteiger partial charge >= 0.3 is 0 Å². The first kappa shape index (κ1) is 12.4. The van der Waals surface area contributed by atoms with Crippen molar-refractivity contribution in [2.24, 2.45) is 5.92 Å². The van der Waals surface area contributed by atoms with Crippen molar-refractivity contribution in [2.45, 2.75) is 57.4 Å². The van der Waals surface area contributed by atoms with E-state index in [1.165, 1.54) is 71.0 Å². The third kappa shape index (κ3) is 4.06. The van der Waals surface area contributed by atoms with E-state index in [-0.39, 0.29) is 0 Å². The van der Waals surface area contributed by atoms with Crippen molar-refractivity contribution in [3.8, 4) is 0 Å². The lowest BCUT2D eigenvalue weighted by Crippen LogP contribution is -2.38. The number of likely N-dealkylation sites (tertiary alicyclic amines) is 1. The Morgan fingerprint density at radius 3 is 2.19 bits per heavy atom. The Bertz CT molecular complexity index is 177. The summed E-state index contributed by atoms with van der Waals surface area (Å²) in [6.45, 7) is 3.88. The van der Waals surface area contributed by atoms with Crippen molar-refractivity contribution in [3.05, 3.63) is 0 Å². The minimum atomic E-state index is 0.835. The zero-order valence-corrected chi connectivity index (χ0v) is 10.9. The van der Waals surface area contributed by atoms with E-state index in [4.69, 9.17) is 0 Å². The van der Waals surface area contributed by atoms with Crippen molar-refractivity contribution >= 4 is 0 Å². The van der Waals surface area contributed by atoms with E-state index in [0.29, 0.717) is 0 Å². The zero-order chi connectivity index (χ0) is 11.2. The predicted molar refractivity (Wildman–Crippen MR) is 69.7 cm³/mol. The first-order valence-electron chi connectivity index (χ1n) is 7.26. The minimum Gasteiger partial charge on any atom is -0.314 e. The van der Waals surface area contributed by atoms with Crippen LogP contribution in [0.3, 0.4) is 0 Å². The molecule has 0 aromatic rings. The second-order valence-corrected chi connectivity index (χ2v) is 5.84. The van der Waals surface area contributed by atoms with Crippen LogP contribution in [0.2, 0.25) is 0 Å². The highest BCUT2D eigenvalue weighted by Crippen LogP contribution is 2.19. The van der Waals surface area contributed by atoms with Gasteiger partial charge in [-0.25, -0.2) is 0 Å². The summed E-state index contributed by atoms with van der Waals surface area (Å²) in [5, 5.41) is 3.83. The largest absolute Gasteiger partial charge is 0.314 e. The van der Waals surface area contributed by atoms with Gasteiger partial charge in [-0.05, 0) is 58.3 Å². The molecule has 0 spiro atoms. The molecule has 2 nitrogen and oxygen atoms in total. The number of hydrogen-bond donors (Lipinski definition) is 1. The van der Waals surface area contributed by atoms with Crippen LogP contribution in [-0.4, -0.2) is 37.6 Å². The summed E-state index contributed by atoms with van der Waals surface area (Å²) in [7, 11) is 2.24. The molecule has 0 radical (unpaired) electrons. The van der Waals surface area contributed by atoms with Gasteiger partial charge in [-0.2, -0.15) is 0 Å². The van der Waals surface area contributed by atoms with Gasteiger partial charge in [0.15, 0.2) is 0 Å². The molecule has 1 N–H and O–H groups in total. The van der Waals surface area contributed by atoms with Crippen molar-refractivity contribution in [2.75, 3.05) is 26.7 Å². The van der Waals surface area contributed by atoms with Crippen LogP contribution in [0, 0.1) is 5.92 Å². The number of rotatable bonds is 3. The number of hydrogen-bond acceptors (Lipinski definition) is 2. The number of nitrogens with one attached hydrogen (secondary N) is 1. The van der Waals surface area contributed by atoms with E-state index in [1.54, 1.807) is 0 Å². The van der Waals surface area contributed by atoms with Crippen LogP contribution in [0.5, 0.6) is 0 Å². The predicted octanol–water partition coefficient (Wildman–Crippen LogP) is 2.64. The Kier molecular flexibility index (Phi) is 5.11. The molecule has 2 heteroatoms. The maximum atomic E-state index is 3.83. The van der Waals surface area contributed by atoms with Gasteiger partial charge in [0.05, 0.1) is 0 Å². The fraction of sp³-hybridized carbons (Fsp3) is 1.00. The molecular weight excluding hydrogens is 196 g/mol. The molecule has 2 rings (SSSR count). The van der Waals surface area contributed by atoms with E-state index < -0.39 is 0 Å². The van der Waals surface area contributed by atoms with Gasteiger partial charge in [0.25, 0.3) is 0 Å². The van der Waals surface area contributed by atoms with Gasteiger partial charge in [0.2, 0.25) is 0 Å². The second-order valence-electron chi connectivity index (χ2n) is 5.84. The molecule has 1 saturated carbocycles. The van der Waals surface area contributed by atoms with Gasteiger partial charge in [-0.3, -0.25) is 0 Å². The quantitative estimate of drug-likeness (QED) is 0.741. The van der Waals surface area contributed by atoms with Crippen LogP contribution >= 0.6 is 0 Å². The van der Waals surface area contributed by atoms with E-state index in [2.05, 4.69) is 17.3 Å². The SMILES string of the molecule is CN1CCC(CNC2CCCCCC2)CC1. The Morgan fingerprint density at radius 2 is 1.56 bits per heavy atom. The Labute approximate surface area is 101 Å². The summed E-state index contributed by atoms with van der Waals surface area (Å²) in [5.74, 6) is 0.944. The molecule has 1 saturated heterocycles. The molecule has 1 heterocycles. The lowest BCUT2D eigenvalue weighted by atomic mass is 9.96. The molecule has 1 aliphatic carbocycles. The topological polar surface area (TPSA) is 15.3 Å². The maximum absolute atomic E-state index is 3.83. The lowest BCUT2D eigenvalue weighted by molar-refractivity contribution is 0.211. The molecule has 0 bridgehead atoms.